The molecule has 3 amide bonds. The fraction of sp³-hybridized carbons (Fsp3) is 0.600. The molecule has 2 N–H and O–H groups in total. The molecule has 5 atom stereocenters. The smallest absolute Gasteiger partial charge is 0.410 e. The van der Waals surface area contributed by atoms with Gasteiger partial charge in [0, 0.05) is 47.2 Å². The molecule has 0 spiro atoms. The fourth-order valence-electron chi connectivity index (χ4n) is 7.85. The molecule has 7 rings (SSSR count). The van der Waals surface area contributed by atoms with Crippen molar-refractivity contribution in [3.63, 3.8) is 0 Å². The molecular weight excluding hydrogens is 812 g/mol. The van der Waals surface area contributed by atoms with E-state index in [1.165, 1.54) is 53.7 Å². The maximum absolute atomic E-state index is 16.3. The van der Waals surface area contributed by atoms with Gasteiger partial charge in [0.1, 0.15) is 12.1 Å². The number of benzene rings is 1. The van der Waals surface area contributed by atoms with Gasteiger partial charge in [-0.05, 0) is 109 Å². The highest BCUT2D eigenvalue weighted by Gasteiger charge is 2.56. The van der Waals surface area contributed by atoms with E-state index in [4.69, 9.17) is 18.5 Å². The second-order valence-corrected chi connectivity index (χ2v) is 21.1. The second-order valence-electron chi connectivity index (χ2n) is 18.0. The standard InChI is InChI=1S/C40H50F2N5O10PS/c1-38(2,3)36(51)54-20-56-58(53,57-21-55-37(52)39(4,5)6)40(41,42)26-7-10-31-24(12-26)15-32(59-31)33(48)45-28-14-23-11-22(23)13-27-8-9-30(47(27)34(28)49)35(50)46-17-25(18-46)29-16-43-19-44-29/h7,10,12,15-16,19,22-23,25,27-28,30H,8-9,11,13-14,17-18,20-21H2,1-6H3,(H,43,44)(H,45,48)/t22-,23+,27+,28-,30-/m0/s1. The average Bonchev–Trinajstić information content (AvgIpc) is 3.54. The summed E-state index contributed by atoms with van der Waals surface area (Å²) >= 11 is 1.02. The number of thiophene rings is 1. The first-order chi connectivity index (χ1) is 27.7. The van der Waals surface area contributed by atoms with Crippen molar-refractivity contribution in [2.45, 2.75) is 103 Å². The molecule has 0 radical (unpaired) electrons. The van der Waals surface area contributed by atoms with Crippen molar-refractivity contribution in [2.75, 3.05) is 26.7 Å². The van der Waals surface area contributed by atoms with Gasteiger partial charge >= 0.3 is 25.2 Å². The van der Waals surface area contributed by atoms with Gasteiger partial charge in [-0.15, -0.1) is 11.3 Å². The van der Waals surface area contributed by atoms with Crippen LogP contribution in [0.25, 0.3) is 10.1 Å². The van der Waals surface area contributed by atoms with Crippen molar-refractivity contribution >= 4 is 58.7 Å². The van der Waals surface area contributed by atoms with Crippen LogP contribution < -0.4 is 5.32 Å². The summed E-state index contributed by atoms with van der Waals surface area (Å²) < 4.78 is 66.7. The van der Waals surface area contributed by atoms with Gasteiger partial charge < -0.3 is 29.6 Å². The second kappa shape index (κ2) is 16.0. The third-order valence-corrected chi connectivity index (χ3v) is 14.4. The Hall–Kier alpha value is -4.25. The lowest BCUT2D eigenvalue weighted by Crippen LogP contribution is -2.59. The molecule has 59 heavy (non-hydrogen) atoms. The number of fused-ring (bicyclic) bond motifs is 3. The zero-order valence-corrected chi connectivity index (χ0v) is 35.5. The summed E-state index contributed by atoms with van der Waals surface area (Å²) in [7, 11) is -5.57. The van der Waals surface area contributed by atoms with Crippen LogP contribution in [0.3, 0.4) is 0 Å². The molecule has 320 valence electrons. The SMILES string of the molecule is CC(C)(C)C(=O)OCOP(=O)(OCOC(=O)C(C)(C)C)C(F)(F)c1ccc2sc(C(=O)N[C@H]3C[C@H]4C[C@H]4C[C@H]4CC[C@@H](C(=O)N5CC(c6cnc[nH]6)C5)N4C3=O)cc2c1. The van der Waals surface area contributed by atoms with Gasteiger partial charge in [0.15, 0.2) is 0 Å². The number of halogens is 2. The number of aromatic nitrogens is 2. The Balaban J connectivity index is 1.06. The number of likely N-dealkylation sites (tertiary alicyclic amines) is 1. The Morgan fingerprint density at radius 3 is 2.19 bits per heavy atom. The van der Waals surface area contributed by atoms with Gasteiger partial charge in [0.05, 0.1) is 22.0 Å². The number of H-pyrrole nitrogens is 1. The lowest BCUT2D eigenvalue weighted by Gasteiger charge is -2.42. The van der Waals surface area contributed by atoms with Crippen LogP contribution in [0, 0.1) is 22.7 Å². The quantitative estimate of drug-likeness (QED) is 0.115. The predicted molar refractivity (Wildman–Crippen MR) is 210 cm³/mol. The number of nitrogens with one attached hydrogen (secondary N) is 2. The van der Waals surface area contributed by atoms with Crippen LogP contribution in [0.1, 0.15) is 100 Å². The van der Waals surface area contributed by atoms with Crippen molar-refractivity contribution in [3.05, 3.63) is 52.9 Å². The van der Waals surface area contributed by atoms with Gasteiger partial charge in [-0.3, -0.25) is 37.6 Å². The molecule has 5 heterocycles. The van der Waals surface area contributed by atoms with Crippen molar-refractivity contribution in [1.29, 1.82) is 0 Å². The maximum atomic E-state index is 16.3. The molecule has 4 aliphatic rings. The van der Waals surface area contributed by atoms with E-state index in [9.17, 15) is 28.5 Å². The summed E-state index contributed by atoms with van der Waals surface area (Å²) in [5.41, 5.74) is -6.23. The normalized spacial score (nSPS) is 23.8. The number of imidazole rings is 1. The number of ether oxygens (including phenoxy) is 2. The number of esters is 2. The first-order valence-electron chi connectivity index (χ1n) is 19.7. The van der Waals surface area contributed by atoms with Crippen LogP contribution >= 0.6 is 18.9 Å². The van der Waals surface area contributed by atoms with E-state index in [-0.39, 0.29) is 40.0 Å². The lowest BCUT2D eigenvalue weighted by molar-refractivity contribution is -0.163. The number of aromatic amines is 1. The van der Waals surface area contributed by atoms with Crippen LogP contribution in [0.5, 0.6) is 0 Å². The van der Waals surface area contributed by atoms with Crippen LogP contribution in [0.2, 0.25) is 0 Å². The zero-order chi connectivity index (χ0) is 42.7. The Labute approximate surface area is 344 Å². The van der Waals surface area contributed by atoms with Crippen LogP contribution in [0.15, 0.2) is 36.8 Å². The summed E-state index contributed by atoms with van der Waals surface area (Å²) in [6, 6.07) is 3.18. The van der Waals surface area contributed by atoms with Crippen molar-refractivity contribution in [2.24, 2.45) is 22.7 Å². The summed E-state index contributed by atoms with van der Waals surface area (Å²) in [5, 5.41) is 3.12. The Kier molecular flexibility index (Phi) is 11.6. The summed E-state index contributed by atoms with van der Waals surface area (Å²) in [5.74, 6) is -1.75. The topological polar surface area (TPSA) is 187 Å². The van der Waals surface area contributed by atoms with Crippen molar-refractivity contribution in [3.8, 4) is 0 Å². The van der Waals surface area contributed by atoms with Gasteiger partial charge in [-0.1, -0.05) is 6.07 Å². The number of amides is 3. The summed E-state index contributed by atoms with van der Waals surface area (Å²) in [6.45, 7) is 7.98. The molecule has 15 nitrogen and oxygen atoms in total. The molecule has 2 aromatic heterocycles. The number of carbonyl (C=O) groups is 5. The number of hydrogen-bond donors (Lipinski definition) is 2. The van der Waals surface area contributed by atoms with Gasteiger partial charge in [-0.2, -0.15) is 8.78 Å². The van der Waals surface area contributed by atoms with E-state index in [1.807, 2.05) is 0 Å². The minimum atomic E-state index is -5.57. The van der Waals surface area contributed by atoms with E-state index >= 15 is 8.78 Å². The highest BCUT2D eigenvalue weighted by Crippen LogP contribution is 2.67. The average molecular weight is 862 g/mol. The fourth-order valence-corrected chi connectivity index (χ4v) is 10.0. The van der Waals surface area contributed by atoms with Crippen molar-refractivity contribution < 1.29 is 55.8 Å². The first kappa shape index (κ1) is 42.9. The van der Waals surface area contributed by atoms with E-state index in [0.717, 1.165) is 42.0 Å². The van der Waals surface area contributed by atoms with Crippen LogP contribution in [-0.4, -0.2) is 94.2 Å². The third kappa shape index (κ3) is 8.82. The highest BCUT2D eigenvalue weighted by molar-refractivity contribution is 7.54. The molecule has 0 unspecified atom stereocenters. The van der Waals surface area contributed by atoms with Gasteiger partial charge in [0.25, 0.3) is 5.91 Å². The van der Waals surface area contributed by atoms with E-state index < -0.39 is 73.2 Å². The molecule has 0 bridgehead atoms. The minimum Gasteiger partial charge on any atom is -0.438 e. The van der Waals surface area contributed by atoms with Crippen molar-refractivity contribution in [1.82, 2.24) is 25.1 Å². The predicted octanol–water partition coefficient (Wildman–Crippen LogP) is 6.51. The lowest BCUT2D eigenvalue weighted by atomic mass is 9.95. The maximum Gasteiger partial charge on any atom is 0.410 e. The summed E-state index contributed by atoms with van der Waals surface area (Å²) in [6.07, 6.45) is 6.81. The van der Waals surface area contributed by atoms with Gasteiger partial charge in [0.2, 0.25) is 25.4 Å². The van der Waals surface area contributed by atoms with Crippen LogP contribution in [-0.2, 0) is 47.9 Å². The molecule has 3 aliphatic heterocycles. The molecule has 4 fully saturated rings. The monoisotopic (exact) mass is 861 g/mol. The van der Waals surface area contributed by atoms with E-state index in [0.29, 0.717) is 43.0 Å². The molecule has 1 aliphatic carbocycles. The number of nitrogens with zero attached hydrogens (tertiary/aromatic N) is 3. The molecule has 1 aromatic carbocycles. The molecular formula is C40H50F2N5O10PS. The first-order valence-corrected chi connectivity index (χ1v) is 22.1. The Morgan fingerprint density at radius 2 is 1.58 bits per heavy atom. The third-order valence-electron chi connectivity index (χ3n) is 11.5. The Morgan fingerprint density at radius 1 is 0.932 bits per heavy atom. The molecule has 19 heteroatoms. The van der Waals surface area contributed by atoms with Gasteiger partial charge in [-0.25, -0.2) is 4.98 Å². The molecule has 1 saturated carbocycles. The number of rotatable bonds is 12. The minimum absolute atomic E-state index is 0.0936. The van der Waals surface area contributed by atoms with E-state index in [2.05, 4.69) is 15.3 Å². The largest absolute Gasteiger partial charge is 0.438 e. The Bertz CT molecular complexity index is 2130. The van der Waals surface area contributed by atoms with Crippen LogP contribution in [0.4, 0.5) is 8.78 Å². The zero-order valence-electron chi connectivity index (χ0n) is 33.8. The van der Waals surface area contributed by atoms with E-state index in [1.54, 1.807) is 22.3 Å². The summed E-state index contributed by atoms with van der Waals surface area (Å²) in [4.78, 5) is 77.3. The number of alkyl halides is 2. The number of carbonyl (C=O) groups excluding carboxylic acids is 5. The number of hydrogen-bond acceptors (Lipinski definition) is 12. The molecule has 3 aromatic rings. The highest BCUT2D eigenvalue weighted by atomic mass is 32.1. The molecule has 3 saturated heterocycles.